The summed E-state index contributed by atoms with van der Waals surface area (Å²) in [6, 6.07) is 5.34. The molecule has 1 aromatic heterocycles. The zero-order valence-electron chi connectivity index (χ0n) is 13.1. The van der Waals surface area contributed by atoms with E-state index in [4.69, 9.17) is 11.6 Å². The van der Waals surface area contributed by atoms with E-state index in [9.17, 15) is 9.59 Å². The molecule has 23 heavy (non-hydrogen) atoms. The molecule has 0 aliphatic rings. The zero-order valence-corrected chi connectivity index (χ0v) is 14.6. The van der Waals surface area contributed by atoms with Gasteiger partial charge in [-0.15, -0.1) is 5.10 Å². The highest BCUT2D eigenvalue weighted by Crippen LogP contribution is 2.21. The monoisotopic (exact) mass is 354 g/mol. The van der Waals surface area contributed by atoms with Crippen LogP contribution in [0.4, 0.5) is 5.69 Å². The van der Waals surface area contributed by atoms with Crippen LogP contribution in [0.3, 0.4) is 0 Å². The predicted octanol–water partition coefficient (Wildman–Crippen LogP) is 3.06. The summed E-state index contributed by atoms with van der Waals surface area (Å²) in [5, 5.41) is 10.3. The average Bonchev–Trinajstić information content (AvgIpc) is 2.87. The van der Waals surface area contributed by atoms with Gasteiger partial charge in [0.05, 0.1) is 5.75 Å². The molecule has 2 rings (SSSR count). The number of carbonyl (C=O) groups is 1. The second-order valence-electron chi connectivity index (χ2n) is 5.11. The van der Waals surface area contributed by atoms with Crippen molar-refractivity contribution < 1.29 is 4.79 Å². The van der Waals surface area contributed by atoms with Crippen LogP contribution in [0, 0.1) is 6.92 Å². The number of amides is 1. The highest BCUT2D eigenvalue weighted by atomic mass is 35.5. The van der Waals surface area contributed by atoms with Gasteiger partial charge in [-0.05, 0) is 31.0 Å². The fourth-order valence-electron chi connectivity index (χ4n) is 1.97. The minimum Gasteiger partial charge on any atom is -0.325 e. The number of thioether (sulfide) groups is 1. The summed E-state index contributed by atoms with van der Waals surface area (Å²) in [5.74, 6) is 0.000369. The minimum absolute atomic E-state index is 0.169. The molecule has 6 nitrogen and oxygen atoms in total. The van der Waals surface area contributed by atoms with Gasteiger partial charge < -0.3 is 5.32 Å². The van der Waals surface area contributed by atoms with Gasteiger partial charge in [-0.1, -0.05) is 42.8 Å². The Bertz CT molecular complexity index is 741. The first-order valence-electron chi connectivity index (χ1n) is 7.35. The van der Waals surface area contributed by atoms with E-state index in [1.165, 1.54) is 11.8 Å². The highest BCUT2D eigenvalue weighted by molar-refractivity contribution is 7.99. The second-order valence-corrected chi connectivity index (χ2v) is 6.49. The molecule has 0 aliphatic heterocycles. The largest absolute Gasteiger partial charge is 0.343 e. The third-order valence-corrected chi connectivity index (χ3v) is 4.48. The van der Waals surface area contributed by atoms with E-state index in [1.807, 2.05) is 13.0 Å². The summed E-state index contributed by atoms with van der Waals surface area (Å²) < 4.78 is 1.56. The van der Waals surface area contributed by atoms with Crippen LogP contribution in [0.15, 0.2) is 28.2 Å². The number of hydrogen-bond acceptors (Lipinski definition) is 4. The Morgan fingerprint density at radius 2 is 2.26 bits per heavy atom. The number of benzene rings is 1. The summed E-state index contributed by atoms with van der Waals surface area (Å²) in [4.78, 5) is 23.8. The molecule has 0 bridgehead atoms. The first-order valence-corrected chi connectivity index (χ1v) is 8.71. The van der Waals surface area contributed by atoms with Crippen LogP contribution >= 0.6 is 23.4 Å². The standard InChI is InChI=1S/C15H19ClN4O2S/c1-3-4-7-20-14(22)18-19-15(20)23-9-13(21)17-12-8-11(16)6-5-10(12)2/h5-6,8H,3-4,7,9H2,1-2H3,(H,17,21)(H,18,22). The summed E-state index contributed by atoms with van der Waals surface area (Å²) in [7, 11) is 0. The van der Waals surface area contributed by atoms with Crippen LogP contribution in [-0.4, -0.2) is 26.4 Å². The Morgan fingerprint density at radius 1 is 1.48 bits per heavy atom. The van der Waals surface area contributed by atoms with Crippen molar-refractivity contribution in [1.82, 2.24) is 14.8 Å². The lowest BCUT2D eigenvalue weighted by atomic mass is 10.2. The van der Waals surface area contributed by atoms with E-state index >= 15 is 0 Å². The van der Waals surface area contributed by atoms with Crippen LogP contribution in [-0.2, 0) is 11.3 Å². The molecule has 1 amide bonds. The number of nitrogens with zero attached hydrogens (tertiary/aromatic N) is 2. The molecule has 8 heteroatoms. The van der Waals surface area contributed by atoms with Gasteiger partial charge in [0.15, 0.2) is 5.16 Å². The van der Waals surface area contributed by atoms with Gasteiger partial charge in [-0.25, -0.2) is 9.89 Å². The molecule has 0 spiro atoms. The number of nitrogens with one attached hydrogen (secondary N) is 2. The van der Waals surface area contributed by atoms with E-state index in [0.717, 1.165) is 18.4 Å². The Morgan fingerprint density at radius 3 is 3.00 bits per heavy atom. The average molecular weight is 355 g/mol. The van der Waals surface area contributed by atoms with Crippen molar-refractivity contribution in [2.45, 2.75) is 38.4 Å². The van der Waals surface area contributed by atoms with E-state index < -0.39 is 0 Å². The Kier molecular flexibility index (Phi) is 6.29. The summed E-state index contributed by atoms with van der Waals surface area (Å²) in [6.45, 7) is 4.55. The first kappa shape index (κ1) is 17.6. The number of aromatic nitrogens is 3. The van der Waals surface area contributed by atoms with E-state index in [0.29, 0.717) is 22.4 Å². The van der Waals surface area contributed by atoms with Crippen molar-refractivity contribution in [1.29, 1.82) is 0 Å². The van der Waals surface area contributed by atoms with Crippen molar-refractivity contribution in [2.75, 3.05) is 11.1 Å². The van der Waals surface area contributed by atoms with Crippen molar-refractivity contribution >= 4 is 35.0 Å². The number of carbonyl (C=O) groups excluding carboxylic acids is 1. The quantitative estimate of drug-likeness (QED) is 0.749. The number of aromatic amines is 1. The molecule has 1 heterocycles. The maximum atomic E-state index is 12.1. The Labute approximate surface area is 143 Å². The molecule has 1 aromatic carbocycles. The van der Waals surface area contributed by atoms with Gasteiger partial charge >= 0.3 is 5.69 Å². The number of aryl methyl sites for hydroxylation is 1. The maximum Gasteiger partial charge on any atom is 0.343 e. The smallest absolute Gasteiger partial charge is 0.325 e. The molecule has 2 aromatic rings. The van der Waals surface area contributed by atoms with Gasteiger partial charge in [-0.3, -0.25) is 9.36 Å². The van der Waals surface area contributed by atoms with Crippen LogP contribution in [0.5, 0.6) is 0 Å². The van der Waals surface area contributed by atoms with E-state index in [2.05, 4.69) is 22.4 Å². The molecule has 0 aliphatic carbocycles. The molecular formula is C15H19ClN4O2S. The minimum atomic E-state index is -0.243. The highest BCUT2D eigenvalue weighted by Gasteiger charge is 2.12. The van der Waals surface area contributed by atoms with E-state index in [1.54, 1.807) is 16.7 Å². The van der Waals surface area contributed by atoms with Crippen LogP contribution < -0.4 is 11.0 Å². The lowest BCUT2D eigenvalue weighted by Gasteiger charge is -2.09. The first-order chi connectivity index (χ1) is 11.0. The number of unbranched alkanes of at least 4 members (excludes halogenated alkanes) is 1. The summed E-state index contributed by atoms with van der Waals surface area (Å²) >= 11 is 7.17. The molecule has 0 radical (unpaired) electrons. The number of hydrogen-bond donors (Lipinski definition) is 2. The van der Waals surface area contributed by atoms with Crippen LogP contribution in [0.1, 0.15) is 25.3 Å². The van der Waals surface area contributed by atoms with Crippen molar-refractivity contribution in [3.8, 4) is 0 Å². The fraction of sp³-hybridized carbons (Fsp3) is 0.400. The number of halogens is 1. The molecule has 0 atom stereocenters. The molecule has 0 fully saturated rings. The molecule has 0 saturated heterocycles. The van der Waals surface area contributed by atoms with E-state index in [-0.39, 0.29) is 17.3 Å². The second kappa shape index (κ2) is 8.21. The summed E-state index contributed by atoms with van der Waals surface area (Å²) in [6.07, 6.45) is 1.87. The fourth-order valence-corrected chi connectivity index (χ4v) is 2.92. The van der Waals surface area contributed by atoms with Crippen molar-refractivity contribution in [3.05, 3.63) is 39.3 Å². The molecule has 0 saturated carbocycles. The van der Waals surface area contributed by atoms with Gasteiger partial charge in [-0.2, -0.15) is 0 Å². The lowest BCUT2D eigenvalue weighted by molar-refractivity contribution is -0.113. The number of anilines is 1. The third-order valence-electron chi connectivity index (χ3n) is 3.26. The van der Waals surface area contributed by atoms with Gasteiger partial charge in [0.2, 0.25) is 5.91 Å². The predicted molar refractivity (Wildman–Crippen MR) is 93.3 cm³/mol. The maximum absolute atomic E-state index is 12.1. The molecule has 0 unspecified atom stereocenters. The Balaban J connectivity index is 1.97. The SMILES string of the molecule is CCCCn1c(SCC(=O)Nc2cc(Cl)ccc2C)n[nH]c1=O. The van der Waals surface area contributed by atoms with Gasteiger partial charge in [0.25, 0.3) is 0 Å². The van der Waals surface area contributed by atoms with Crippen LogP contribution in [0.2, 0.25) is 5.02 Å². The molecule has 124 valence electrons. The molecule has 2 N–H and O–H groups in total. The topological polar surface area (TPSA) is 79.8 Å². The Hall–Kier alpha value is -1.73. The van der Waals surface area contributed by atoms with Gasteiger partial charge in [0, 0.05) is 17.3 Å². The summed E-state index contributed by atoms with van der Waals surface area (Å²) in [5.41, 5.74) is 1.38. The van der Waals surface area contributed by atoms with Crippen LogP contribution in [0.25, 0.3) is 0 Å². The van der Waals surface area contributed by atoms with Crippen molar-refractivity contribution in [2.24, 2.45) is 0 Å². The number of H-pyrrole nitrogens is 1. The van der Waals surface area contributed by atoms with Crippen molar-refractivity contribution in [3.63, 3.8) is 0 Å². The zero-order chi connectivity index (χ0) is 16.8. The molecular weight excluding hydrogens is 336 g/mol. The third kappa shape index (κ3) is 4.87. The number of rotatable bonds is 7. The normalized spacial score (nSPS) is 10.7. The van der Waals surface area contributed by atoms with Gasteiger partial charge in [0.1, 0.15) is 0 Å². The lowest BCUT2D eigenvalue weighted by Crippen LogP contribution is -2.19.